The molecule has 2 saturated heterocycles. The minimum atomic E-state index is -0.533. The molecule has 33 heavy (non-hydrogen) atoms. The molecule has 3 aliphatic rings. The van der Waals surface area contributed by atoms with Crippen LogP contribution in [0, 0.1) is 11.8 Å². The standard InChI is InChI=1S/C11H19NO4.C11H17NO2.C2H6S/c1-11(2,3)16-10(14)12-6-8(7-13)5-9(12)15-4;1-11(2,3)14-10(13)12-7-8-4-5-9(12)6-8;1-3-2/h7-9H,5-6H2,1-4H3;4-5,8-9H,6-7H2,1-3H3;1-2H3. The average molecular weight is 487 g/mol. The number of carbonyl (C=O) groups excluding carboxylic acids is 3. The van der Waals surface area contributed by atoms with E-state index in [2.05, 4.69) is 12.2 Å². The predicted octanol–water partition coefficient (Wildman–Crippen LogP) is 4.58. The molecule has 190 valence electrons. The summed E-state index contributed by atoms with van der Waals surface area (Å²) in [5, 5.41) is 0. The molecule has 0 aromatic carbocycles. The minimum absolute atomic E-state index is 0.155. The van der Waals surface area contributed by atoms with Crippen LogP contribution in [0.4, 0.5) is 9.59 Å². The Hall–Kier alpha value is -1.74. The Morgan fingerprint density at radius 1 is 0.909 bits per heavy atom. The van der Waals surface area contributed by atoms with Crippen LogP contribution < -0.4 is 0 Å². The van der Waals surface area contributed by atoms with Crippen LogP contribution in [0.5, 0.6) is 0 Å². The molecule has 4 atom stereocenters. The van der Waals surface area contributed by atoms with Crippen LogP contribution in [0.2, 0.25) is 0 Å². The quantitative estimate of drug-likeness (QED) is 0.417. The van der Waals surface area contributed by atoms with Crippen LogP contribution in [0.15, 0.2) is 12.2 Å². The largest absolute Gasteiger partial charge is 0.444 e. The molecule has 0 N–H and O–H groups in total. The van der Waals surface area contributed by atoms with Gasteiger partial charge in [0.25, 0.3) is 0 Å². The minimum Gasteiger partial charge on any atom is -0.444 e. The summed E-state index contributed by atoms with van der Waals surface area (Å²) in [6, 6.07) is 0.287. The second-order valence-corrected chi connectivity index (χ2v) is 11.3. The Morgan fingerprint density at radius 3 is 1.79 bits per heavy atom. The molecule has 0 spiro atoms. The molecule has 2 fully saturated rings. The van der Waals surface area contributed by atoms with Crippen molar-refractivity contribution in [2.75, 3.05) is 32.7 Å². The molecule has 2 heterocycles. The van der Waals surface area contributed by atoms with Crippen molar-refractivity contribution in [3.05, 3.63) is 12.2 Å². The first kappa shape index (κ1) is 29.3. The number of hydrogen-bond acceptors (Lipinski definition) is 7. The summed E-state index contributed by atoms with van der Waals surface area (Å²) in [5.41, 5.74) is -0.919. The van der Waals surface area contributed by atoms with E-state index in [0.717, 1.165) is 19.3 Å². The lowest BCUT2D eigenvalue weighted by molar-refractivity contribution is -0.110. The van der Waals surface area contributed by atoms with Gasteiger partial charge in [-0.2, -0.15) is 11.8 Å². The fraction of sp³-hybridized carbons (Fsp3) is 0.792. The molecule has 2 aliphatic heterocycles. The second-order valence-electron chi connectivity index (χ2n) is 10.4. The lowest BCUT2D eigenvalue weighted by atomic mass is 10.1. The number of nitrogens with zero attached hydrogens (tertiary/aromatic N) is 2. The van der Waals surface area contributed by atoms with E-state index in [9.17, 15) is 14.4 Å². The summed E-state index contributed by atoms with van der Waals surface area (Å²) in [4.78, 5) is 37.5. The molecule has 0 saturated carbocycles. The first-order valence-corrected chi connectivity index (χ1v) is 12.9. The van der Waals surface area contributed by atoms with Crippen LogP contribution >= 0.6 is 11.8 Å². The Bertz CT molecular complexity index is 685. The SMILES string of the molecule is CC(C)(C)OC(=O)N1CC2C=CC1C2.COC1CC(C=O)CN1C(=O)OC(C)(C)C.CSC. The van der Waals surface area contributed by atoms with Gasteiger partial charge in [0.05, 0.1) is 6.04 Å². The molecule has 2 amide bonds. The van der Waals surface area contributed by atoms with Gasteiger partial charge in [-0.1, -0.05) is 12.2 Å². The van der Waals surface area contributed by atoms with Gasteiger partial charge in [0.2, 0.25) is 0 Å². The molecule has 8 nitrogen and oxygen atoms in total. The number of carbonyl (C=O) groups is 3. The first-order chi connectivity index (χ1) is 15.2. The third-order valence-corrected chi connectivity index (χ3v) is 4.98. The number of amides is 2. The van der Waals surface area contributed by atoms with Crippen molar-refractivity contribution in [3.63, 3.8) is 0 Å². The highest BCUT2D eigenvalue weighted by atomic mass is 32.2. The molecule has 0 aromatic heterocycles. The molecule has 4 unspecified atom stereocenters. The lowest BCUT2D eigenvalue weighted by Gasteiger charge is -2.28. The van der Waals surface area contributed by atoms with Gasteiger partial charge in [0.1, 0.15) is 23.7 Å². The average Bonchev–Trinajstić information content (AvgIpc) is 3.41. The Labute approximate surface area is 203 Å². The topological polar surface area (TPSA) is 85.4 Å². The monoisotopic (exact) mass is 486 g/mol. The molecule has 0 aromatic rings. The van der Waals surface area contributed by atoms with Gasteiger partial charge >= 0.3 is 12.2 Å². The zero-order valence-electron chi connectivity index (χ0n) is 21.6. The number of hydrogen-bond donors (Lipinski definition) is 0. The van der Waals surface area contributed by atoms with Crippen molar-refractivity contribution < 1.29 is 28.6 Å². The molecule has 3 rings (SSSR count). The maximum absolute atomic E-state index is 11.8. The number of methoxy groups -OCH3 is 1. The van der Waals surface area contributed by atoms with Crippen molar-refractivity contribution in [1.29, 1.82) is 0 Å². The van der Waals surface area contributed by atoms with E-state index >= 15 is 0 Å². The van der Waals surface area contributed by atoms with Gasteiger partial charge in [-0.05, 0) is 66.4 Å². The first-order valence-electron chi connectivity index (χ1n) is 11.3. The lowest BCUT2D eigenvalue weighted by Crippen LogP contribution is -2.40. The predicted molar refractivity (Wildman–Crippen MR) is 131 cm³/mol. The zero-order chi connectivity index (χ0) is 25.4. The summed E-state index contributed by atoms with van der Waals surface area (Å²) >= 11 is 1.75. The summed E-state index contributed by atoms with van der Waals surface area (Å²) in [6.07, 6.45) is 9.92. The highest BCUT2D eigenvalue weighted by Crippen LogP contribution is 2.32. The van der Waals surface area contributed by atoms with E-state index in [0.29, 0.717) is 18.9 Å². The van der Waals surface area contributed by atoms with Gasteiger partial charge in [-0.3, -0.25) is 4.90 Å². The zero-order valence-corrected chi connectivity index (χ0v) is 22.4. The molecule has 0 radical (unpaired) electrons. The maximum Gasteiger partial charge on any atom is 0.412 e. The summed E-state index contributed by atoms with van der Waals surface area (Å²) in [5.74, 6) is 0.407. The Balaban J connectivity index is 0.000000297. The number of fused-ring (bicyclic) bond motifs is 2. The van der Waals surface area contributed by atoms with Crippen LogP contribution in [-0.4, -0.2) is 84.5 Å². The summed E-state index contributed by atoms with van der Waals surface area (Å²) in [7, 11) is 1.52. The fourth-order valence-electron chi connectivity index (χ4n) is 3.70. The maximum atomic E-state index is 11.8. The van der Waals surface area contributed by atoms with Crippen LogP contribution in [0.3, 0.4) is 0 Å². The highest BCUT2D eigenvalue weighted by Gasteiger charge is 2.39. The van der Waals surface area contributed by atoms with Crippen LogP contribution in [0.1, 0.15) is 54.4 Å². The van der Waals surface area contributed by atoms with E-state index in [4.69, 9.17) is 14.2 Å². The van der Waals surface area contributed by atoms with E-state index < -0.39 is 11.7 Å². The van der Waals surface area contributed by atoms with Gasteiger partial charge in [0.15, 0.2) is 0 Å². The summed E-state index contributed by atoms with van der Waals surface area (Å²) < 4.78 is 15.7. The molecule has 9 heteroatoms. The van der Waals surface area contributed by atoms with E-state index in [1.807, 2.05) is 38.2 Å². The Morgan fingerprint density at radius 2 is 1.42 bits per heavy atom. The fourth-order valence-corrected chi connectivity index (χ4v) is 3.70. The second kappa shape index (κ2) is 12.6. The third-order valence-electron chi connectivity index (χ3n) is 4.98. The van der Waals surface area contributed by atoms with Crippen molar-refractivity contribution in [2.45, 2.75) is 77.9 Å². The third kappa shape index (κ3) is 9.96. The molecular weight excluding hydrogens is 444 g/mol. The number of thioether (sulfide) groups is 1. The van der Waals surface area contributed by atoms with Gasteiger partial charge in [0, 0.05) is 32.5 Å². The molecule has 2 bridgehead atoms. The molecule has 1 aliphatic carbocycles. The van der Waals surface area contributed by atoms with Crippen LogP contribution in [-0.2, 0) is 19.0 Å². The van der Waals surface area contributed by atoms with Crippen molar-refractivity contribution in [1.82, 2.24) is 9.80 Å². The van der Waals surface area contributed by atoms with Crippen LogP contribution in [0.25, 0.3) is 0 Å². The van der Waals surface area contributed by atoms with Gasteiger partial charge in [-0.25, -0.2) is 9.59 Å². The number of rotatable bonds is 2. The smallest absolute Gasteiger partial charge is 0.412 e. The van der Waals surface area contributed by atoms with E-state index in [1.165, 1.54) is 12.0 Å². The summed E-state index contributed by atoms with van der Waals surface area (Å²) in [6.45, 7) is 12.3. The van der Waals surface area contributed by atoms with Gasteiger partial charge < -0.3 is 23.9 Å². The highest BCUT2D eigenvalue weighted by molar-refractivity contribution is 7.97. The normalized spacial score (nSPS) is 25.6. The van der Waals surface area contributed by atoms with Crippen molar-refractivity contribution in [2.24, 2.45) is 11.8 Å². The number of likely N-dealkylation sites (tertiary alicyclic amines) is 2. The Kier molecular flexibility index (Phi) is 11.2. The molecular formula is C24H42N2O6S. The van der Waals surface area contributed by atoms with Crippen molar-refractivity contribution >= 4 is 30.2 Å². The number of aldehydes is 1. The van der Waals surface area contributed by atoms with Gasteiger partial charge in [-0.15, -0.1) is 0 Å². The number of ether oxygens (including phenoxy) is 3. The van der Waals surface area contributed by atoms with E-state index in [-0.39, 0.29) is 29.9 Å². The van der Waals surface area contributed by atoms with Crippen molar-refractivity contribution in [3.8, 4) is 0 Å². The van der Waals surface area contributed by atoms with E-state index in [1.54, 1.807) is 32.5 Å².